The predicted molar refractivity (Wildman–Crippen MR) is 106 cm³/mol. The zero-order valence-corrected chi connectivity index (χ0v) is 15.2. The Morgan fingerprint density at radius 2 is 1.46 bits per heavy atom. The molecule has 1 N–H and O–H groups in total. The smallest absolute Gasteiger partial charge is 0.228 e. The van der Waals surface area contributed by atoms with E-state index in [-0.39, 0.29) is 17.2 Å². The molecule has 1 atom stereocenters. The molecule has 26 heavy (non-hydrogen) atoms. The van der Waals surface area contributed by atoms with E-state index in [0.717, 1.165) is 17.7 Å². The zero-order chi connectivity index (χ0) is 18.1. The van der Waals surface area contributed by atoms with E-state index in [9.17, 15) is 4.79 Å². The molecule has 0 radical (unpaired) electrons. The highest BCUT2D eigenvalue weighted by Crippen LogP contribution is 2.59. The lowest BCUT2D eigenvalue weighted by Crippen LogP contribution is -2.22. The van der Waals surface area contributed by atoms with Crippen LogP contribution in [-0.4, -0.2) is 5.91 Å². The molecule has 0 bridgehead atoms. The van der Waals surface area contributed by atoms with Crippen LogP contribution in [-0.2, 0) is 10.2 Å². The van der Waals surface area contributed by atoms with Crippen molar-refractivity contribution in [3.8, 4) is 0 Å². The van der Waals surface area contributed by atoms with Gasteiger partial charge in [-0.25, -0.2) is 0 Å². The first kappa shape index (κ1) is 16.6. The molecule has 4 rings (SSSR count). The summed E-state index contributed by atoms with van der Waals surface area (Å²) in [6.45, 7) is 4.10. The van der Waals surface area contributed by atoms with E-state index >= 15 is 0 Å². The van der Waals surface area contributed by atoms with Crippen LogP contribution in [0.5, 0.6) is 0 Å². The summed E-state index contributed by atoms with van der Waals surface area (Å²) in [6.07, 6.45) is 0.845. The Morgan fingerprint density at radius 3 is 2.00 bits per heavy atom. The molecule has 1 aliphatic carbocycles. The molecule has 130 valence electrons. The molecule has 3 aromatic rings. The van der Waals surface area contributed by atoms with Crippen LogP contribution in [0.4, 0.5) is 5.69 Å². The van der Waals surface area contributed by atoms with Gasteiger partial charge in [0.25, 0.3) is 0 Å². The van der Waals surface area contributed by atoms with E-state index in [0.29, 0.717) is 0 Å². The largest absolute Gasteiger partial charge is 0.326 e. The number of hydrogen-bond acceptors (Lipinski definition) is 1. The molecule has 1 saturated carbocycles. The normalized spacial score (nSPS) is 17.5. The summed E-state index contributed by atoms with van der Waals surface area (Å²) in [5, 5.41) is 3.15. The fourth-order valence-electron chi connectivity index (χ4n) is 4.03. The van der Waals surface area contributed by atoms with Gasteiger partial charge in [0.2, 0.25) is 5.91 Å². The SMILES string of the molecule is Cc1ccc(NC(=O)C2CC2(c2ccccc2)c2ccccc2)c(C)c1. The quantitative estimate of drug-likeness (QED) is 0.690. The van der Waals surface area contributed by atoms with Crippen molar-refractivity contribution in [1.82, 2.24) is 0 Å². The number of benzene rings is 3. The molecule has 1 amide bonds. The molecule has 1 unspecified atom stereocenters. The second-order valence-corrected chi connectivity index (χ2v) is 7.27. The van der Waals surface area contributed by atoms with Gasteiger partial charge < -0.3 is 5.32 Å². The Kier molecular flexibility index (Phi) is 4.12. The van der Waals surface area contributed by atoms with Crippen molar-refractivity contribution in [2.24, 2.45) is 5.92 Å². The maximum Gasteiger partial charge on any atom is 0.228 e. The third kappa shape index (κ3) is 2.82. The molecule has 3 aromatic carbocycles. The topological polar surface area (TPSA) is 29.1 Å². The van der Waals surface area contributed by atoms with E-state index < -0.39 is 0 Å². The Balaban J connectivity index is 1.65. The van der Waals surface area contributed by atoms with Gasteiger partial charge in [-0.3, -0.25) is 4.79 Å². The van der Waals surface area contributed by atoms with Crippen molar-refractivity contribution in [2.75, 3.05) is 5.32 Å². The average molecular weight is 341 g/mol. The lowest BCUT2D eigenvalue weighted by atomic mass is 9.85. The van der Waals surface area contributed by atoms with Gasteiger partial charge in [-0.15, -0.1) is 0 Å². The van der Waals surface area contributed by atoms with Crippen molar-refractivity contribution in [2.45, 2.75) is 25.7 Å². The van der Waals surface area contributed by atoms with Crippen LogP contribution in [0.2, 0.25) is 0 Å². The summed E-state index contributed by atoms with van der Waals surface area (Å²) in [5.74, 6) is 0.0534. The minimum atomic E-state index is -0.217. The minimum absolute atomic E-state index is 0.0481. The zero-order valence-electron chi connectivity index (χ0n) is 15.2. The fraction of sp³-hybridized carbons (Fsp3) is 0.208. The summed E-state index contributed by atoms with van der Waals surface area (Å²) in [4.78, 5) is 13.1. The fourth-order valence-corrected chi connectivity index (χ4v) is 4.03. The van der Waals surface area contributed by atoms with Gasteiger partial charge in [0.15, 0.2) is 0 Å². The molecular weight excluding hydrogens is 318 g/mol. The first-order valence-electron chi connectivity index (χ1n) is 9.10. The van der Waals surface area contributed by atoms with E-state index in [2.05, 4.69) is 66.8 Å². The number of aryl methyl sites for hydroxylation is 2. The Morgan fingerprint density at radius 1 is 0.885 bits per heavy atom. The minimum Gasteiger partial charge on any atom is -0.326 e. The summed E-state index contributed by atoms with van der Waals surface area (Å²) < 4.78 is 0. The molecule has 0 aromatic heterocycles. The summed E-state index contributed by atoms with van der Waals surface area (Å²) in [5.41, 5.74) is 5.42. The van der Waals surface area contributed by atoms with Crippen LogP contribution < -0.4 is 5.32 Å². The third-order valence-electron chi connectivity index (χ3n) is 5.49. The van der Waals surface area contributed by atoms with Gasteiger partial charge in [-0.1, -0.05) is 78.4 Å². The van der Waals surface area contributed by atoms with Gasteiger partial charge in [0.05, 0.1) is 5.92 Å². The second kappa shape index (κ2) is 6.45. The van der Waals surface area contributed by atoms with Crippen LogP contribution in [0.1, 0.15) is 28.7 Å². The van der Waals surface area contributed by atoms with Gasteiger partial charge in [-0.05, 0) is 43.0 Å². The second-order valence-electron chi connectivity index (χ2n) is 7.27. The molecule has 0 saturated heterocycles. The lowest BCUT2D eigenvalue weighted by molar-refractivity contribution is -0.117. The third-order valence-corrected chi connectivity index (χ3v) is 5.49. The van der Waals surface area contributed by atoms with Crippen molar-refractivity contribution >= 4 is 11.6 Å². The molecule has 1 fully saturated rings. The van der Waals surface area contributed by atoms with Crippen LogP contribution in [0.25, 0.3) is 0 Å². The monoisotopic (exact) mass is 341 g/mol. The number of amides is 1. The highest BCUT2D eigenvalue weighted by molar-refractivity contribution is 5.97. The first-order chi connectivity index (χ1) is 12.6. The average Bonchev–Trinajstić information content (AvgIpc) is 3.43. The summed E-state index contributed by atoms with van der Waals surface area (Å²) in [7, 11) is 0. The molecular formula is C24H23NO. The summed E-state index contributed by atoms with van der Waals surface area (Å²) >= 11 is 0. The van der Waals surface area contributed by atoms with Gasteiger partial charge in [0.1, 0.15) is 0 Å². The number of hydrogen-bond donors (Lipinski definition) is 1. The van der Waals surface area contributed by atoms with Crippen LogP contribution in [0.3, 0.4) is 0 Å². The number of anilines is 1. The van der Waals surface area contributed by atoms with Crippen LogP contribution in [0, 0.1) is 19.8 Å². The van der Waals surface area contributed by atoms with Crippen LogP contribution >= 0.6 is 0 Å². The van der Waals surface area contributed by atoms with Gasteiger partial charge in [0, 0.05) is 11.1 Å². The van der Waals surface area contributed by atoms with Crippen molar-refractivity contribution in [3.63, 3.8) is 0 Å². The van der Waals surface area contributed by atoms with Gasteiger partial charge in [-0.2, -0.15) is 0 Å². The van der Waals surface area contributed by atoms with E-state index in [1.165, 1.54) is 16.7 Å². The standard InChI is InChI=1S/C24H23NO/c1-17-13-14-22(18(2)15-17)25-23(26)21-16-24(21,19-9-5-3-6-10-19)20-11-7-4-8-12-20/h3-15,21H,16H2,1-2H3,(H,25,26). The number of carbonyl (C=O) groups is 1. The molecule has 1 aliphatic rings. The van der Waals surface area contributed by atoms with Crippen molar-refractivity contribution < 1.29 is 4.79 Å². The first-order valence-corrected chi connectivity index (χ1v) is 9.10. The van der Waals surface area contributed by atoms with Crippen molar-refractivity contribution in [1.29, 1.82) is 0 Å². The Labute approximate surface area is 154 Å². The van der Waals surface area contributed by atoms with E-state index in [1.807, 2.05) is 31.2 Å². The lowest BCUT2D eigenvalue weighted by Gasteiger charge is -2.19. The number of carbonyl (C=O) groups excluding carboxylic acids is 1. The number of nitrogens with one attached hydrogen (secondary N) is 1. The molecule has 2 heteroatoms. The summed E-state index contributed by atoms with van der Waals surface area (Å²) in [6, 6.07) is 26.9. The molecule has 2 nitrogen and oxygen atoms in total. The molecule has 0 spiro atoms. The highest BCUT2D eigenvalue weighted by Gasteiger charge is 2.60. The number of rotatable bonds is 4. The molecule has 0 aliphatic heterocycles. The van der Waals surface area contributed by atoms with Crippen molar-refractivity contribution in [3.05, 3.63) is 101 Å². The maximum atomic E-state index is 13.1. The van der Waals surface area contributed by atoms with Gasteiger partial charge >= 0.3 is 0 Å². The Bertz CT molecular complexity index is 891. The van der Waals surface area contributed by atoms with Crippen LogP contribution in [0.15, 0.2) is 78.9 Å². The van der Waals surface area contributed by atoms with E-state index in [4.69, 9.17) is 0 Å². The molecule has 0 heterocycles. The maximum absolute atomic E-state index is 13.1. The highest BCUT2D eigenvalue weighted by atomic mass is 16.2. The van der Waals surface area contributed by atoms with E-state index in [1.54, 1.807) is 0 Å². The Hall–Kier alpha value is -2.87. The predicted octanol–water partition coefficient (Wildman–Crippen LogP) is 5.25.